The predicted molar refractivity (Wildman–Crippen MR) is 77.5 cm³/mol. The second-order valence-electron chi connectivity index (χ2n) is 3.91. The topological polar surface area (TPSA) is 41.8 Å². The lowest BCUT2D eigenvalue weighted by Crippen LogP contribution is -2.09. The fraction of sp³-hybridized carbons (Fsp3) is 0. The highest BCUT2D eigenvalue weighted by Crippen LogP contribution is 2.33. The van der Waals surface area contributed by atoms with Gasteiger partial charge in [-0.2, -0.15) is 0 Å². The van der Waals surface area contributed by atoms with Crippen molar-refractivity contribution in [1.29, 1.82) is 0 Å². The third-order valence-electron chi connectivity index (χ3n) is 2.77. The zero-order valence-corrected chi connectivity index (χ0v) is 10.9. The molecule has 3 rings (SSSR count). The van der Waals surface area contributed by atoms with Gasteiger partial charge in [-0.05, 0) is 29.6 Å². The van der Waals surface area contributed by atoms with Gasteiger partial charge in [0.2, 0.25) is 0 Å². The Morgan fingerprint density at radius 2 is 2.17 bits per heavy atom. The maximum Gasteiger partial charge on any atom is 0.123 e. The van der Waals surface area contributed by atoms with Crippen molar-refractivity contribution in [3.63, 3.8) is 0 Å². The van der Waals surface area contributed by atoms with Crippen LogP contribution in [0, 0.1) is 5.82 Å². The molecule has 0 aliphatic carbocycles. The van der Waals surface area contributed by atoms with Gasteiger partial charge in [-0.3, -0.25) is 0 Å². The van der Waals surface area contributed by atoms with Crippen LogP contribution in [0.3, 0.4) is 0 Å². The van der Waals surface area contributed by atoms with Crippen molar-refractivity contribution in [1.82, 2.24) is 4.98 Å². The van der Waals surface area contributed by atoms with Gasteiger partial charge in [0.1, 0.15) is 10.8 Å². The summed E-state index contributed by atoms with van der Waals surface area (Å²) in [7, 11) is 0. The fourth-order valence-corrected chi connectivity index (χ4v) is 2.97. The third-order valence-corrected chi connectivity index (χ3v) is 3.87. The number of fused-ring (bicyclic) bond motifs is 1. The van der Waals surface area contributed by atoms with Gasteiger partial charge in [-0.25, -0.2) is 4.39 Å². The predicted octanol–water partition coefficient (Wildman–Crippen LogP) is 3.67. The first-order valence-corrected chi connectivity index (χ1v) is 6.60. The molecule has 0 spiro atoms. The summed E-state index contributed by atoms with van der Waals surface area (Å²) in [5, 5.41) is 2.70. The lowest BCUT2D eigenvalue weighted by molar-refractivity contribution is 0.629. The minimum atomic E-state index is -0.295. The van der Waals surface area contributed by atoms with Crippen LogP contribution in [0.15, 0.2) is 35.7 Å². The summed E-state index contributed by atoms with van der Waals surface area (Å²) in [5.74, 6) is -0.295. The van der Waals surface area contributed by atoms with Gasteiger partial charge in [0.25, 0.3) is 0 Å². The highest BCUT2D eigenvalue weighted by molar-refractivity contribution is 7.80. The Morgan fingerprint density at radius 3 is 2.83 bits per heavy atom. The van der Waals surface area contributed by atoms with E-state index in [-0.39, 0.29) is 10.8 Å². The molecule has 3 aromatic rings. The molecule has 2 heterocycles. The highest BCUT2D eigenvalue weighted by atomic mass is 32.1. The van der Waals surface area contributed by atoms with Crippen molar-refractivity contribution >= 4 is 39.4 Å². The SMILES string of the molecule is NC(=S)c1c(-c2cccs2)[nH]c2ccc(F)cc12. The average molecular weight is 276 g/mol. The number of nitrogens with one attached hydrogen (secondary N) is 1. The van der Waals surface area contributed by atoms with Crippen LogP contribution in [-0.2, 0) is 0 Å². The molecule has 5 heteroatoms. The molecule has 0 aliphatic rings. The number of rotatable bonds is 2. The zero-order chi connectivity index (χ0) is 12.7. The van der Waals surface area contributed by atoms with E-state index in [1.54, 1.807) is 17.4 Å². The number of aromatic nitrogens is 1. The molecule has 90 valence electrons. The van der Waals surface area contributed by atoms with Crippen molar-refractivity contribution in [3.05, 3.63) is 47.1 Å². The summed E-state index contributed by atoms with van der Waals surface area (Å²) >= 11 is 6.67. The van der Waals surface area contributed by atoms with Crippen LogP contribution < -0.4 is 5.73 Å². The van der Waals surface area contributed by atoms with E-state index in [4.69, 9.17) is 18.0 Å². The van der Waals surface area contributed by atoms with E-state index in [1.807, 2.05) is 17.5 Å². The molecule has 1 aromatic carbocycles. The molecule has 0 atom stereocenters. The molecular formula is C13H9FN2S2. The van der Waals surface area contributed by atoms with Crippen molar-refractivity contribution in [2.45, 2.75) is 0 Å². The van der Waals surface area contributed by atoms with Crippen LogP contribution in [0.2, 0.25) is 0 Å². The van der Waals surface area contributed by atoms with Crippen LogP contribution in [0.5, 0.6) is 0 Å². The first-order valence-electron chi connectivity index (χ1n) is 5.31. The van der Waals surface area contributed by atoms with Crippen LogP contribution in [0.1, 0.15) is 5.56 Å². The van der Waals surface area contributed by atoms with Gasteiger partial charge in [0.15, 0.2) is 0 Å². The third kappa shape index (κ3) is 1.72. The monoisotopic (exact) mass is 276 g/mol. The van der Waals surface area contributed by atoms with E-state index in [1.165, 1.54) is 12.1 Å². The standard InChI is InChI=1S/C13H9FN2S2/c14-7-3-4-9-8(6-7)11(13(15)17)12(16-9)10-2-1-5-18-10/h1-6,16H,(H2,15,17). The number of halogens is 1. The summed E-state index contributed by atoms with van der Waals surface area (Å²) in [6, 6.07) is 8.50. The first kappa shape index (κ1) is 11.4. The summed E-state index contributed by atoms with van der Waals surface area (Å²) < 4.78 is 13.3. The molecule has 0 bridgehead atoms. The molecule has 0 radical (unpaired) electrons. The van der Waals surface area contributed by atoms with Gasteiger partial charge >= 0.3 is 0 Å². The molecule has 0 fully saturated rings. The van der Waals surface area contributed by atoms with Gasteiger partial charge in [-0.15, -0.1) is 11.3 Å². The molecule has 2 aromatic heterocycles. The van der Waals surface area contributed by atoms with Gasteiger partial charge in [0.05, 0.1) is 10.6 Å². The lowest BCUT2D eigenvalue weighted by Gasteiger charge is -2.00. The molecule has 2 nitrogen and oxygen atoms in total. The van der Waals surface area contributed by atoms with Crippen molar-refractivity contribution < 1.29 is 4.39 Å². The van der Waals surface area contributed by atoms with E-state index < -0.39 is 0 Å². The number of thiophene rings is 1. The van der Waals surface area contributed by atoms with Gasteiger partial charge < -0.3 is 10.7 Å². The quantitative estimate of drug-likeness (QED) is 0.701. The number of H-pyrrole nitrogens is 1. The molecule has 0 saturated heterocycles. The van der Waals surface area contributed by atoms with Crippen molar-refractivity contribution in [2.75, 3.05) is 0 Å². The molecule has 0 saturated carbocycles. The Kier molecular flexibility index (Phi) is 2.65. The number of hydrogen-bond acceptors (Lipinski definition) is 2. The largest absolute Gasteiger partial charge is 0.389 e. The number of aromatic amines is 1. The number of hydrogen-bond donors (Lipinski definition) is 2. The molecular weight excluding hydrogens is 267 g/mol. The van der Waals surface area contributed by atoms with Crippen LogP contribution in [-0.4, -0.2) is 9.97 Å². The normalized spacial score (nSPS) is 10.9. The van der Waals surface area contributed by atoms with Crippen LogP contribution >= 0.6 is 23.6 Å². The van der Waals surface area contributed by atoms with Crippen LogP contribution in [0.25, 0.3) is 21.5 Å². The molecule has 18 heavy (non-hydrogen) atoms. The second kappa shape index (κ2) is 4.19. The maximum atomic E-state index is 13.3. The van der Waals surface area contributed by atoms with E-state index in [0.717, 1.165) is 21.5 Å². The van der Waals surface area contributed by atoms with E-state index in [9.17, 15) is 4.39 Å². The van der Waals surface area contributed by atoms with E-state index in [0.29, 0.717) is 5.56 Å². The average Bonchev–Trinajstić information content (AvgIpc) is 2.94. The van der Waals surface area contributed by atoms with E-state index >= 15 is 0 Å². The highest BCUT2D eigenvalue weighted by Gasteiger charge is 2.16. The molecule has 3 N–H and O–H groups in total. The number of benzene rings is 1. The Labute approximate surface area is 112 Å². The Morgan fingerprint density at radius 1 is 1.33 bits per heavy atom. The van der Waals surface area contributed by atoms with Crippen molar-refractivity contribution in [2.24, 2.45) is 5.73 Å². The lowest BCUT2D eigenvalue weighted by atomic mass is 10.1. The van der Waals surface area contributed by atoms with E-state index in [2.05, 4.69) is 4.98 Å². The molecule has 0 unspecified atom stereocenters. The summed E-state index contributed by atoms with van der Waals surface area (Å²) in [6.07, 6.45) is 0. The Bertz CT molecular complexity index is 729. The molecule has 0 amide bonds. The van der Waals surface area contributed by atoms with Gasteiger partial charge in [-0.1, -0.05) is 18.3 Å². The Hall–Kier alpha value is -1.72. The van der Waals surface area contributed by atoms with Gasteiger partial charge in [0, 0.05) is 16.5 Å². The second-order valence-corrected chi connectivity index (χ2v) is 5.29. The maximum absolute atomic E-state index is 13.3. The van der Waals surface area contributed by atoms with Crippen molar-refractivity contribution in [3.8, 4) is 10.6 Å². The van der Waals surface area contributed by atoms with Crippen LogP contribution in [0.4, 0.5) is 4.39 Å². The summed E-state index contributed by atoms with van der Waals surface area (Å²) in [4.78, 5) is 4.56. The number of thiocarbonyl (C=S) groups is 1. The number of nitrogens with two attached hydrogens (primary N) is 1. The minimum Gasteiger partial charge on any atom is -0.389 e. The zero-order valence-electron chi connectivity index (χ0n) is 9.24. The fourth-order valence-electron chi connectivity index (χ4n) is 2.03. The smallest absolute Gasteiger partial charge is 0.123 e. The summed E-state index contributed by atoms with van der Waals surface area (Å²) in [5.41, 5.74) is 8.18. The Balaban J connectivity index is 2.38. The summed E-state index contributed by atoms with van der Waals surface area (Å²) in [6.45, 7) is 0. The minimum absolute atomic E-state index is 0.273. The first-order chi connectivity index (χ1) is 8.66. The molecule has 0 aliphatic heterocycles.